The second-order valence-electron chi connectivity index (χ2n) is 4.23. The van der Waals surface area contributed by atoms with Gasteiger partial charge in [-0.05, 0) is 20.9 Å². The number of nitrogens with one attached hydrogen (secondary N) is 1. The zero-order valence-corrected chi connectivity index (χ0v) is 11.7. The van der Waals surface area contributed by atoms with Crippen molar-refractivity contribution in [1.29, 1.82) is 0 Å². The molecule has 0 radical (unpaired) electrons. The van der Waals surface area contributed by atoms with Gasteiger partial charge in [0.15, 0.2) is 0 Å². The van der Waals surface area contributed by atoms with E-state index < -0.39 is 0 Å². The van der Waals surface area contributed by atoms with Gasteiger partial charge in [-0.25, -0.2) is 4.98 Å². The first-order valence-corrected chi connectivity index (χ1v) is 6.40. The topological polar surface area (TPSA) is 47.7 Å². The maximum atomic E-state index is 6.28. The Morgan fingerprint density at radius 3 is 2.89 bits per heavy atom. The quantitative estimate of drug-likeness (QED) is 0.899. The van der Waals surface area contributed by atoms with Crippen LogP contribution in [0.4, 0.5) is 0 Å². The van der Waals surface area contributed by atoms with Gasteiger partial charge in [0.05, 0.1) is 35.0 Å². The van der Waals surface area contributed by atoms with Crippen LogP contribution in [0.15, 0.2) is 12.5 Å². The van der Waals surface area contributed by atoms with Gasteiger partial charge >= 0.3 is 0 Å². The fourth-order valence-corrected chi connectivity index (χ4v) is 2.15. The highest BCUT2D eigenvalue weighted by Gasteiger charge is 2.12. The molecule has 0 saturated heterocycles. The van der Waals surface area contributed by atoms with E-state index in [0.29, 0.717) is 6.54 Å². The number of rotatable bonds is 5. The molecule has 0 aliphatic rings. The lowest BCUT2D eigenvalue weighted by atomic mass is 10.3. The minimum Gasteiger partial charge on any atom is -0.331 e. The van der Waals surface area contributed by atoms with Gasteiger partial charge in [-0.3, -0.25) is 4.68 Å². The number of imidazole rings is 1. The molecule has 0 amide bonds. The van der Waals surface area contributed by atoms with Gasteiger partial charge in [-0.1, -0.05) is 11.6 Å². The molecule has 0 aromatic carbocycles. The normalized spacial score (nSPS) is 11.1. The fourth-order valence-electron chi connectivity index (χ4n) is 1.96. The lowest BCUT2D eigenvalue weighted by Crippen LogP contribution is -2.07. The Kier molecular flexibility index (Phi) is 4.04. The first-order chi connectivity index (χ1) is 8.65. The van der Waals surface area contributed by atoms with Crippen LogP contribution in [0.1, 0.15) is 24.0 Å². The zero-order valence-electron chi connectivity index (χ0n) is 10.9. The van der Waals surface area contributed by atoms with Gasteiger partial charge in [0.1, 0.15) is 0 Å². The van der Waals surface area contributed by atoms with Crippen LogP contribution in [-0.2, 0) is 19.6 Å². The smallest absolute Gasteiger partial charge is 0.0953 e. The predicted octanol–water partition coefficient (Wildman–Crippen LogP) is 1.83. The Bertz CT molecular complexity index is 529. The molecule has 0 bridgehead atoms. The molecule has 98 valence electrons. The summed E-state index contributed by atoms with van der Waals surface area (Å²) in [4.78, 5) is 4.32. The number of aryl methyl sites for hydroxylation is 2. The molecule has 6 heteroatoms. The van der Waals surface area contributed by atoms with E-state index in [1.54, 1.807) is 0 Å². The standard InChI is InChI=1S/C12H18ClN5/c1-4-18-11(12(13)9(2)16-18)7-17-6-10(5-14-3)15-8-17/h6,8,14H,4-5,7H2,1-3H3. The summed E-state index contributed by atoms with van der Waals surface area (Å²) >= 11 is 6.28. The SMILES string of the molecule is CCn1nc(C)c(Cl)c1Cn1cnc(CNC)c1. The average Bonchev–Trinajstić information content (AvgIpc) is 2.90. The molecule has 0 spiro atoms. The summed E-state index contributed by atoms with van der Waals surface area (Å²) in [5, 5.41) is 8.24. The van der Waals surface area contributed by atoms with E-state index in [0.717, 1.165) is 35.2 Å². The van der Waals surface area contributed by atoms with Crippen molar-refractivity contribution in [3.63, 3.8) is 0 Å². The van der Waals surface area contributed by atoms with Crippen molar-refractivity contribution in [2.24, 2.45) is 0 Å². The van der Waals surface area contributed by atoms with Gasteiger partial charge in [0, 0.05) is 19.3 Å². The van der Waals surface area contributed by atoms with Crippen molar-refractivity contribution in [3.8, 4) is 0 Å². The Balaban J connectivity index is 2.22. The third kappa shape index (κ3) is 2.57. The minimum atomic E-state index is 0.699. The van der Waals surface area contributed by atoms with E-state index in [1.807, 2.05) is 35.7 Å². The monoisotopic (exact) mass is 267 g/mol. The molecule has 0 aliphatic carbocycles. The average molecular weight is 268 g/mol. The second-order valence-corrected chi connectivity index (χ2v) is 4.61. The van der Waals surface area contributed by atoms with Crippen molar-refractivity contribution < 1.29 is 0 Å². The molecule has 0 saturated carbocycles. The van der Waals surface area contributed by atoms with Crippen LogP contribution in [-0.4, -0.2) is 26.4 Å². The molecular formula is C12H18ClN5. The van der Waals surface area contributed by atoms with E-state index in [2.05, 4.69) is 22.3 Å². The molecule has 2 aromatic heterocycles. The van der Waals surface area contributed by atoms with E-state index in [-0.39, 0.29) is 0 Å². The molecule has 0 unspecified atom stereocenters. The first kappa shape index (κ1) is 13.1. The maximum Gasteiger partial charge on any atom is 0.0953 e. The van der Waals surface area contributed by atoms with E-state index >= 15 is 0 Å². The number of hydrogen-bond donors (Lipinski definition) is 1. The summed E-state index contributed by atoms with van der Waals surface area (Å²) in [6, 6.07) is 0. The van der Waals surface area contributed by atoms with Crippen LogP contribution < -0.4 is 5.32 Å². The Morgan fingerprint density at radius 2 is 2.22 bits per heavy atom. The summed E-state index contributed by atoms with van der Waals surface area (Å²) in [5.41, 5.74) is 2.93. The molecule has 0 atom stereocenters. The van der Waals surface area contributed by atoms with Gasteiger partial charge < -0.3 is 9.88 Å². The van der Waals surface area contributed by atoms with Crippen LogP contribution in [0.3, 0.4) is 0 Å². The maximum absolute atomic E-state index is 6.28. The molecule has 18 heavy (non-hydrogen) atoms. The predicted molar refractivity (Wildman–Crippen MR) is 71.7 cm³/mol. The van der Waals surface area contributed by atoms with Crippen LogP contribution >= 0.6 is 11.6 Å². The molecule has 0 fully saturated rings. The van der Waals surface area contributed by atoms with E-state index in [1.165, 1.54) is 0 Å². The molecule has 5 nitrogen and oxygen atoms in total. The first-order valence-electron chi connectivity index (χ1n) is 6.02. The summed E-state index contributed by atoms with van der Waals surface area (Å²) in [5.74, 6) is 0. The molecule has 0 aliphatic heterocycles. The Morgan fingerprint density at radius 1 is 1.44 bits per heavy atom. The zero-order chi connectivity index (χ0) is 13.1. The largest absolute Gasteiger partial charge is 0.331 e. The Hall–Kier alpha value is -1.33. The number of hydrogen-bond acceptors (Lipinski definition) is 3. The fraction of sp³-hybridized carbons (Fsp3) is 0.500. The van der Waals surface area contributed by atoms with Gasteiger partial charge in [-0.2, -0.15) is 5.10 Å². The van der Waals surface area contributed by atoms with Gasteiger partial charge in [0.2, 0.25) is 0 Å². The summed E-state index contributed by atoms with van der Waals surface area (Å²) < 4.78 is 3.97. The molecular weight excluding hydrogens is 250 g/mol. The van der Waals surface area contributed by atoms with Gasteiger partial charge in [-0.15, -0.1) is 0 Å². The summed E-state index contributed by atoms with van der Waals surface area (Å²) in [6.07, 6.45) is 3.85. The molecule has 2 heterocycles. The number of nitrogens with zero attached hydrogens (tertiary/aromatic N) is 4. The lowest BCUT2D eigenvalue weighted by Gasteiger charge is -2.05. The van der Waals surface area contributed by atoms with Crippen LogP contribution in [0.5, 0.6) is 0 Å². The van der Waals surface area contributed by atoms with Crippen LogP contribution in [0.25, 0.3) is 0 Å². The van der Waals surface area contributed by atoms with E-state index in [4.69, 9.17) is 11.6 Å². The second kappa shape index (κ2) is 5.54. The summed E-state index contributed by atoms with van der Waals surface area (Å²) in [6.45, 7) is 6.28. The van der Waals surface area contributed by atoms with Crippen molar-refractivity contribution in [3.05, 3.63) is 34.6 Å². The molecule has 1 N–H and O–H groups in total. The van der Waals surface area contributed by atoms with Crippen molar-refractivity contribution in [1.82, 2.24) is 24.6 Å². The van der Waals surface area contributed by atoms with Crippen LogP contribution in [0, 0.1) is 6.92 Å². The Labute approximate surface area is 112 Å². The molecule has 2 rings (SSSR count). The van der Waals surface area contributed by atoms with E-state index in [9.17, 15) is 0 Å². The third-order valence-corrected chi connectivity index (χ3v) is 3.32. The van der Waals surface area contributed by atoms with Crippen molar-refractivity contribution in [2.45, 2.75) is 33.5 Å². The van der Waals surface area contributed by atoms with Crippen LogP contribution in [0.2, 0.25) is 5.02 Å². The highest BCUT2D eigenvalue weighted by atomic mass is 35.5. The van der Waals surface area contributed by atoms with Gasteiger partial charge in [0.25, 0.3) is 0 Å². The lowest BCUT2D eigenvalue weighted by molar-refractivity contribution is 0.597. The number of halogens is 1. The molecule has 2 aromatic rings. The summed E-state index contributed by atoms with van der Waals surface area (Å²) in [7, 11) is 1.91. The van der Waals surface area contributed by atoms with Crippen molar-refractivity contribution in [2.75, 3.05) is 7.05 Å². The number of aromatic nitrogens is 4. The van der Waals surface area contributed by atoms with Crippen molar-refractivity contribution >= 4 is 11.6 Å². The highest BCUT2D eigenvalue weighted by molar-refractivity contribution is 6.31. The third-order valence-electron chi connectivity index (χ3n) is 2.83. The minimum absolute atomic E-state index is 0.699. The highest BCUT2D eigenvalue weighted by Crippen LogP contribution is 2.21.